The highest BCUT2D eigenvalue weighted by Gasteiger charge is 1.98. The lowest BCUT2D eigenvalue weighted by Crippen LogP contribution is -1.82. The molecule has 0 atom stereocenters. The molecule has 0 fully saturated rings. The van der Waals surface area contributed by atoms with Crippen molar-refractivity contribution in [2.24, 2.45) is 0 Å². The lowest BCUT2D eigenvalue weighted by Gasteiger charge is -2.03. The monoisotopic (exact) mass is 396 g/mol. The minimum atomic E-state index is 0.338. The number of benzene rings is 3. The zero-order chi connectivity index (χ0) is 22.6. The van der Waals surface area contributed by atoms with Gasteiger partial charge in [-0.1, -0.05) is 30.3 Å². The van der Waals surface area contributed by atoms with Crippen LogP contribution in [0.5, 0.6) is 17.2 Å². The standard InChI is InChI=1S/C9H12O.C8H10O.C7H8O.CH2O/c1-6-4-7(2)8(3)9(10)5-6;1-6-4-3-5-8(9)7(6)2;1-6-3-2-4-7(8)5-6;1-2/h4-5,10H,1-3H3;3-5,9H,1-2H3;2-5,8H,1H3;1H2. The van der Waals surface area contributed by atoms with E-state index in [4.69, 9.17) is 15.0 Å². The largest absolute Gasteiger partial charge is 0.508 e. The summed E-state index contributed by atoms with van der Waals surface area (Å²) in [5, 5.41) is 27.2. The molecule has 0 heterocycles. The highest BCUT2D eigenvalue weighted by atomic mass is 16.3. The van der Waals surface area contributed by atoms with Crippen molar-refractivity contribution in [3.05, 3.63) is 88.0 Å². The van der Waals surface area contributed by atoms with Crippen LogP contribution in [0.3, 0.4) is 0 Å². The van der Waals surface area contributed by atoms with E-state index < -0.39 is 0 Å². The summed E-state index contributed by atoms with van der Waals surface area (Å²) in [4.78, 5) is 8.00. The first-order chi connectivity index (χ1) is 13.6. The quantitative estimate of drug-likeness (QED) is 0.446. The molecule has 156 valence electrons. The number of carbonyl (C=O) groups excluding carboxylic acids is 1. The van der Waals surface area contributed by atoms with E-state index in [1.165, 1.54) is 0 Å². The van der Waals surface area contributed by atoms with Crippen molar-refractivity contribution >= 4 is 6.79 Å². The number of carbonyl (C=O) groups is 1. The van der Waals surface area contributed by atoms with Crippen molar-refractivity contribution in [1.82, 2.24) is 0 Å². The molecule has 0 spiro atoms. The van der Waals surface area contributed by atoms with E-state index >= 15 is 0 Å². The van der Waals surface area contributed by atoms with Crippen molar-refractivity contribution < 1.29 is 20.1 Å². The second kappa shape index (κ2) is 13.0. The molecule has 0 aliphatic rings. The summed E-state index contributed by atoms with van der Waals surface area (Å²) >= 11 is 0. The van der Waals surface area contributed by atoms with Crippen LogP contribution in [0, 0.1) is 41.5 Å². The molecule has 3 rings (SSSR count). The third kappa shape index (κ3) is 9.47. The topological polar surface area (TPSA) is 77.8 Å². The zero-order valence-electron chi connectivity index (χ0n) is 18.2. The summed E-state index contributed by atoms with van der Waals surface area (Å²) in [6.07, 6.45) is 0. The predicted molar refractivity (Wildman–Crippen MR) is 120 cm³/mol. The Morgan fingerprint density at radius 3 is 1.55 bits per heavy atom. The Balaban J connectivity index is 0.000000390. The average molecular weight is 397 g/mol. The number of rotatable bonds is 0. The summed E-state index contributed by atoms with van der Waals surface area (Å²) in [5.41, 5.74) is 6.43. The maximum absolute atomic E-state index is 9.28. The number of aryl methyl sites for hydroxylation is 4. The molecule has 0 amide bonds. The molecule has 0 bridgehead atoms. The molecule has 4 nitrogen and oxygen atoms in total. The Morgan fingerprint density at radius 2 is 1.14 bits per heavy atom. The average Bonchev–Trinajstić information content (AvgIpc) is 2.66. The van der Waals surface area contributed by atoms with Gasteiger partial charge in [-0.15, -0.1) is 0 Å². The molecule has 29 heavy (non-hydrogen) atoms. The smallest absolute Gasteiger partial charge is 0.119 e. The van der Waals surface area contributed by atoms with Crippen LogP contribution >= 0.6 is 0 Å². The van der Waals surface area contributed by atoms with Crippen LogP contribution in [0.25, 0.3) is 0 Å². The van der Waals surface area contributed by atoms with Gasteiger partial charge in [-0.3, -0.25) is 0 Å². The molecule has 0 aliphatic carbocycles. The summed E-state index contributed by atoms with van der Waals surface area (Å²) in [6, 6.07) is 16.5. The molecule has 3 N–H and O–H groups in total. The van der Waals surface area contributed by atoms with Crippen molar-refractivity contribution in [2.45, 2.75) is 41.5 Å². The summed E-state index contributed by atoms with van der Waals surface area (Å²) in [5.74, 6) is 1.12. The van der Waals surface area contributed by atoms with Gasteiger partial charge in [0.1, 0.15) is 24.0 Å². The van der Waals surface area contributed by atoms with E-state index in [0.717, 1.165) is 33.4 Å². The van der Waals surface area contributed by atoms with Crippen molar-refractivity contribution in [2.75, 3.05) is 0 Å². The first-order valence-electron chi connectivity index (χ1n) is 9.18. The molecule has 0 aliphatic heterocycles. The van der Waals surface area contributed by atoms with Crippen LogP contribution in [0.1, 0.15) is 33.4 Å². The second-order valence-corrected chi connectivity index (χ2v) is 6.78. The van der Waals surface area contributed by atoms with Gasteiger partial charge in [0.25, 0.3) is 0 Å². The fourth-order valence-corrected chi connectivity index (χ4v) is 2.38. The van der Waals surface area contributed by atoms with Gasteiger partial charge in [0, 0.05) is 0 Å². The summed E-state index contributed by atoms with van der Waals surface area (Å²) < 4.78 is 0. The van der Waals surface area contributed by atoms with E-state index in [0.29, 0.717) is 17.2 Å². The lowest BCUT2D eigenvalue weighted by molar-refractivity contribution is -0.0980. The molecule has 0 saturated heterocycles. The third-order valence-corrected chi connectivity index (χ3v) is 4.36. The Kier molecular flexibility index (Phi) is 11.5. The van der Waals surface area contributed by atoms with Crippen LogP contribution in [-0.4, -0.2) is 22.1 Å². The molecule has 0 saturated carbocycles. The van der Waals surface area contributed by atoms with Crippen LogP contribution in [0.15, 0.2) is 54.6 Å². The Hall–Kier alpha value is -3.27. The maximum Gasteiger partial charge on any atom is 0.119 e. The van der Waals surface area contributed by atoms with Gasteiger partial charge in [0.05, 0.1) is 0 Å². The fraction of sp³-hybridized carbons (Fsp3) is 0.240. The molecular weight excluding hydrogens is 364 g/mol. The molecule has 0 aromatic heterocycles. The van der Waals surface area contributed by atoms with Gasteiger partial charge < -0.3 is 20.1 Å². The Morgan fingerprint density at radius 1 is 0.586 bits per heavy atom. The predicted octanol–water partition coefficient (Wildman–Crippen LogP) is 5.84. The first kappa shape index (κ1) is 25.7. The van der Waals surface area contributed by atoms with E-state index in [9.17, 15) is 5.11 Å². The highest BCUT2D eigenvalue weighted by molar-refractivity contribution is 5.40. The van der Waals surface area contributed by atoms with Gasteiger partial charge >= 0.3 is 0 Å². The molecule has 3 aromatic rings. The summed E-state index contributed by atoms with van der Waals surface area (Å²) in [6.45, 7) is 13.7. The van der Waals surface area contributed by atoms with Crippen molar-refractivity contribution in [3.63, 3.8) is 0 Å². The number of phenolic OH excluding ortho intramolecular Hbond substituents is 3. The minimum absolute atomic E-state index is 0.338. The molecule has 0 radical (unpaired) electrons. The molecule has 4 heteroatoms. The van der Waals surface area contributed by atoms with Crippen LogP contribution in [0.4, 0.5) is 0 Å². The lowest BCUT2D eigenvalue weighted by atomic mass is 10.1. The Bertz CT molecular complexity index is 841. The number of aromatic hydroxyl groups is 3. The van der Waals surface area contributed by atoms with Crippen LogP contribution < -0.4 is 0 Å². The van der Waals surface area contributed by atoms with E-state index in [1.807, 2.05) is 72.6 Å². The van der Waals surface area contributed by atoms with Gasteiger partial charge in [0.2, 0.25) is 0 Å². The molecule has 0 unspecified atom stereocenters. The van der Waals surface area contributed by atoms with Crippen molar-refractivity contribution in [3.8, 4) is 17.2 Å². The summed E-state index contributed by atoms with van der Waals surface area (Å²) in [7, 11) is 0. The first-order valence-corrected chi connectivity index (χ1v) is 9.18. The normalized spacial score (nSPS) is 9.03. The van der Waals surface area contributed by atoms with E-state index in [2.05, 4.69) is 6.07 Å². The van der Waals surface area contributed by atoms with E-state index in [-0.39, 0.29) is 0 Å². The van der Waals surface area contributed by atoms with Gasteiger partial charge in [-0.25, -0.2) is 0 Å². The molecule has 3 aromatic carbocycles. The Labute approximate surface area is 174 Å². The second-order valence-electron chi connectivity index (χ2n) is 6.78. The number of hydrogen-bond acceptors (Lipinski definition) is 4. The number of phenols is 3. The fourth-order valence-electron chi connectivity index (χ4n) is 2.38. The third-order valence-electron chi connectivity index (χ3n) is 4.36. The SMILES string of the molecule is C=O.Cc1cc(C)c(C)c(O)c1.Cc1cccc(O)c1.Cc1cccc(O)c1C. The van der Waals surface area contributed by atoms with Gasteiger partial charge in [-0.2, -0.15) is 0 Å². The highest BCUT2D eigenvalue weighted by Crippen LogP contribution is 2.21. The van der Waals surface area contributed by atoms with Crippen molar-refractivity contribution in [1.29, 1.82) is 0 Å². The van der Waals surface area contributed by atoms with E-state index in [1.54, 1.807) is 24.3 Å². The molecular formula is C25H32O4. The zero-order valence-corrected chi connectivity index (χ0v) is 18.2. The van der Waals surface area contributed by atoms with Gasteiger partial charge in [-0.05, 0) is 99.2 Å². The van der Waals surface area contributed by atoms with Gasteiger partial charge in [0.15, 0.2) is 0 Å². The van der Waals surface area contributed by atoms with Crippen LogP contribution in [-0.2, 0) is 4.79 Å². The van der Waals surface area contributed by atoms with Crippen LogP contribution in [0.2, 0.25) is 0 Å². The number of hydrogen-bond donors (Lipinski definition) is 3. The minimum Gasteiger partial charge on any atom is -0.508 e. The maximum atomic E-state index is 9.28.